The van der Waals surface area contributed by atoms with Crippen LogP contribution in [0.15, 0.2) is 29.3 Å². The number of aliphatic carboxylic acids is 1. The Kier molecular flexibility index (Phi) is 3.39. The molecule has 5 heteroatoms. The summed E-state index contributed by atoms with van der Waals surface area (Å²) in [5, 5.41) is 8.65. The number of carboxylic acids is 1. The zero-order chi connectivity index (χ0) is 12.3. The van der Waals surface area contributed by atoms with Gasteiger partial charge in [-0.3, -0.25) is 4.79 Å². The van der Waals surface area contributed by atoms with Gasteiger partial charge in [0.1, 0.15) is 6.61 Å². The van der Waals surface area contributed by atoms with Crippen LogP contribution in [0, 0.1) is 0 Å². The molecule has 0 spiro atoms. The van der Waals surface area contributed by atoms with E-state index in [0.717, 1.165) is 11.1 Å². The Morgan fingerprint density at radius 3 is 2.71 bits per heavy atom. The number of nitrogens with two attached hydrogens (primary N) is 1. The van der Waals surface area contributed by atoms with Gasteiger partial charge in [0.15, 0.2) is 0 Å². The number of hydrogen-bond donors (Lipinski definition) is 2. The maximum atomic E-state index is 10.5. The van der Waals surface area contributed by atoms with Gasteiger partial charge in [-0.15, -0.1) is 0 Å². The zero-order valence-electron chi connectivity index (χ0n) is 9.30. The molecule has 5 nitrogen and oxygen atoms in total. The molecule has 0 fully saturated rings. The van der Waals surface area contributed by atoms with E-state index >= 15 is 0 Å². The lowest BCUT2D eigenvalue weighted by molar-refractivity contribution is -0.137. The van der Waals surface area contributed by atoms with E-state index in [2.05, 4.69) is 4.99 Å². The number of benzene rings is 1. The summed E-state index contributed by atoms with van der Waals surface area (Å²) >= 11 is 0. The van der Waals surface area contributed by atoms with E-state index in [-0.39, 0.29) is 6.42 Å². The summed E-state index contributed by atoms with van der Waals surface area (Å²) in [5.41, 5.74) is 7.45. The molecule has 1 aliphatic heterocycles. The molecule has 2 rings (SSSR count). The minimum absolute atomic E-state index is 0.0726. The van der Waals surface area contributed by atoms with Crippen molar-refractivity contribution in [2.75, 3.05) is 13.2 Å². The van der Waals surface area contributed by atoms with Crippen LogP contribution in [0.1, 0.15) is 23.6 Å². The molecule has 0 saturated heterocycles. The molecule has 90 valence electrons. The van der Waals surface area contributed by atoms with Gasteiger partial charge in [-0.05, 0) is 17.7 Å². The van der Waals surface area contributed by atoms with Crippen LogP contribution < -0.4 is 5.73 Å². The predicted octanol–water partition coefficient (Wildman–Crippen LogP) is 0.938. The first-order valence-electron chi connectivity index (χ1n) is 5.42. The fraction of sp³-hybridized carbons (Fsp3) is 0.333. The van der Waals surface area contributed by atoms with Crippen molar-refractivity contribution in [1.82, 2.24) is 0 Å². The highest BCUT2D eigenvalue weighted by molar-refractivity contribution is 5.94. The van der Waals surface area contributed by atoms with E-state index in [9.17, 15) is 4.79 Å². The van der Waals surface area contributed by atoms with E-state index in [4.69, 9.17) is 15.6 Å². The summed E-state index contributed by atoms with van der Waals surface area (Å²) in [7, 11) is 0. The van der Waals surface area contributed by atoms with Crippen LogP contribution in [0.5, 0.6) is 0 Å². The van der Waals surface area contributed by atoms with Crippen molar-refractivity contribution in [2.45, 2.75) is 12.5 Å². The van der Waals surface area contributed by atoms with Crippen molar-refractivity contribution in [2.24, 2.45) is 10.7 Å². The Morgan fingerprint density at radius 2 is 2.18 bits per heavy atom. The molecular weight excluding hydrogens is 220 g/mol. The number of carbonyl (C=O) groups is 1. The molecule has 0 aliphatic carbocycles. The second-order valence-corrected chi connectivity index (χ2v) is 3.86. The average molecular weight is 234 g/mol. The van der Waals surface area contributed by atoms with Gasteiger partial charge in [0.25, 0.3) is 0 Å². The monoisotopic (exact) mass is 234 g/mol. The van der Waals surface area contributed by atoms with Crippen LogP contribution >= 0.6 is 0 Å². The van der Waals surface area contributed by atoms with Crippen LogP contribution in [0.4, 0.5) is 0 Å². The van der Waals surface area contributed by atoms with Crippen LogP contribution in [0.3, 0.4) is 0 Å². The van der Waals surface area contributed by atoms with Crippen molar-refractivity contribution in [3.05, 3.63) is 35.4 Å². The molecule has 1 aromatic rings. The first kappa shape index (κ1) is 11.6. The minimum atomic E-state index is -0.898. The van der Waals surface area contributed by atoms with E-state index in [1.807, 2.05) is 24.3 Å². The summed E-state index contributed by atoms with van der Waals surface area (Å²) in [6.45, 7) is 1.31. The van der Waals surface area contributed by atoms with Crippen LogP contribution in [-0.4, -0.2) is 30.1 Å². The van der Waals surface area contributed by atoms with Crippen molar-refractivity contribution in [3.63, 3.8) is 0 Å². The first-order chi connectivity index (χ1) is 8.16. The standard InChI is InChI=1S/C12H14N2O3/c13-10(7-11(15)16)8-1-3-9(4-2-8)12-14-5-6-17-12/h1-4,10H,5-7,13H2,(H,15,16). The number of nitrogens with zero attached hydrogens (tertiary/aromatic N) is 1. The van der Waals surface area contributed by atoms with Crippen LogP contribution in [-0.2, 0) is 9.53 Å². The molecular formula is C12H14N2O3. The molecule has 1 heterocycles. The molecule has 0 saturated carbocycles. The molecule has 0 bridgehead atoms. The second kappa shape index (κ2) is 4.97. The van der Waals surface area contributed by atoms with Gasteiger partial charge in [0.05, 0.1) is 13.0 Å². The summed E-state index contributed by atoms with van der Waals surface area (Å²) in [6.07, 6.45) is -0.0726. The van der Waals surface area contributed by atoms with Gasteiger partial charge >= 0.3 is 5.97 Å². The molecule has 0 amide bonds. The number of hydrogen-bond acceptors (Lipinski definition) is 4. The van der Waals surface area contributed by atoms with Crippen LogP contribution in [0.25, 0.3) is 0 Å². The molecule has 3 N–H and O–H groups in total. The van der Waals surface area contributed by atoms with E-state index in [1.54, 1.807) is 0 Å². The van der Waals surface area contributed by atoms with Gasteiger partial charge in [0, 0.05) is 11.6 Å². The fourth-order valence-corrected chi connectivity index (χ4v) is 1.69. The summed E-state index contributed by atoms with van der Waals surface area (Å²) < 4.78 is 5.33. The normalized spacial score (nSPS) is 16.2. The van der Waals surface area contributed by atoms with Gasteiger partial charge in [-0.25, -0.2) is 4.99 Å². The van der Waals surface area contributed by atoms with Crippen molar-refractivity contribution in [3.8, 4) is 0 Å². The highest BCUT2D eigenvalue weighted by atomic mass is 16.5. The molecule has 0 radical (unpaired) electrons. The van der Waals surface area contributed by atoms with Crippen LogP contribution in [0.2, 0.25) is 0 Å². The topological polar surface area (TPSA) is 84.9 Å². The summed E-state index contributed by atoms with van der Waals surface area (Å²) in [5.74, 6) is -0.256. The summed E-state index contributed by atoms with van der Waals surface area (Å²) in [6, 6.07) is 6.84. The second-order valence-electron chi connectivity index (χ2n) is 3.86. The third kappa shape index (κ3) is 2.82. The number of aliphatic imine (C=N–C) groups is 1. The van der Waals surface area contributed by atoms with Crippen molar-refractivity contribution >= 4 is 11.9 Å². The molecule has 17 heavy (non-hydrogen) atoms. The third-order valence-electron chi connectivity index (χ3n) is 2.57. The number of carboxylic acid groups (broad SMARTS) is 1. The van der Waals surface area contributed by atoms with Crippen molar-refractivity contribution < 1.29 is 14.6 Å². The molecule has 0 aromatic heterocycles. The maximum absolute atomic E-state index is 10.5. The average Bonchev–Trinajstić information content (AvgIpc) is 2.82. The maximum Gasteiger partial charge on any atom is 0.305 e. The lowest BCUT2D eigenvalue weighted by atomic mass is 10.0. The predicted molar refractivity (Wildman–Crippen MR) is 63.0 cm³/mol. The van der Waals surface area contributed by atoms with Gasteiger partial charge in [-0.2, -0.15) is 0 Å². The quantitative estimate of drug-likeness (QED) is 0.811. The van der Waals surface area contributed by atoms with Gasteiger partial charge in [-0.1, -0.05) is 12.1 Å². The van der Waals surface area contributed by atoms with Crippen molar-refractivity contribution in [1.29, 1.82) is 0 Å². The number of ether oxygens (including phenoxy) is 1. The van der Waals surface area contributed by atoms with E-state index in [0.29, 0.717) is 19.0 Å². The summed E-state index contributed by atoms with van der Waals surface area (Å²) in [4.78, 5) is 14.7. The zero-order valence-corrected chi connectivity index (χ0v) is 9.30. The number of rotatable bonds is 4. The molecule has 1 aromatic carbocycles. The highest BCUT2D eigenvalue weighted by Crippen LogP contribution is 2.16. The van der Waals surface area contributed by atoms with Gasteiger partial charge in [0.2, 0.25) is 5.90 Å². The molecule has 1 aliphatic rings. The van der Waals surface area contributed by atoms with Gasteiger partial charge < -0.3 is 15.6 Å². The first-order valence-corrected chi connectivity index (χ1v) is 5.42. The third-order valence-corrected chi connectivity index (χ3v) is 2.57. The Morgan fingerprint density at radius 1 is 1.47 bits per heavy atom. The Bertz CT molecular complexity index is 440. The molecule has 1 atom stereocenters. The smallest absolute Gasteiger partial charge is 0.305 e. The SMILES string of the molecule is NC(CC(=O)O)c1ccc(C2=NCCO2)cc1. The minimum Gasteiger partial charge on any atom is -0.481 e. The van der Waals surface area contributed by atoms with E-state index in [1.165, 1.54) is 0 Å². The Labute approximate surface area is 98.9 Å². The largest absolute Gasteiger partial charge is 0.481 e. The lowest BCUT2D eigenvalue weighted by Gasteiger charge is -2.10. The fourth-order valence-electron chi connectivity index (χ4n) is 1.69. The molecule has 1 unspecified atom stereocenters. The lowest BCUT2D eigenvalue weighted by Crippen LogP contribution is -2.15. The van der Waals surface area contributed by atoms with E-state index < -0.39 is 12.0 Å². The highest BCUT2D eigenvalue weighted by Gasteiger charge is 2.13. The Balaban J connectivity index is 2.09. The Hall–Kier alpha value is -1.88.